The zero-order chi connectivity index (χ0) is 14.3. The number of carbonyl (C=O) groups excluding carboxylic acids is 1. The van der Waals surface area contributed by atoms with E-state index in [0.29, 0.717) is 0 Å². The first-order valence-corrected chi connectivity index (χ1v) is 6.93. The van der Waals surface area contributed by atoms with Crippen LogP contribution in [0.4, 0.5) is 0 Å². The van der Waals surface area contributed by atoms with Crippen molar-refractivity contribution in [1.82, 2.24) is 5.32 Å². The summed E-state index contributed by atoms with van der Waals surface area (Å²) in [6.07, 6.45) is 0. The highest BCUT2D eigenvalue weighted by Crippen LogP contribution is 1.97. The van der Waals surface area contributed by atoms with Crippen LogP contribution in [0.25, 0.3) is 0 Å². The topological polar surface area (TPSA) is 139 Å². The number of aliphatic imine (C=N–C) groups is 1. The van der Waals surface area contributed by atoms with Crippen LogP contribution in [0, 0.1) is 0 Å². The van der Waals surface area contributed by atoms with Crippen LogP contribution in [0.15, 0.2) is 4.99 Å². The van der Waals surface area contributed by atoms with Crippen LogP contribution < -0.4 is 11.1 Å². The molecule has 0 aromatic carbocycles. The van der Waals surface area contributed by atoms with Gasteiger partial charge < -0.3 is 16.2 Å². The number of amidine groups is 1. The summed E-state index contributed by atoms with van der Waals surface area (Å²) in [7, 11) is -3.63. The van der Waals surface area contributed by atoms with Gasteiger partial charge in [0.25, 0.3) is 0 Å². The van der Waals surface area contributed by atoms with Gasteiger partial charge in [0, 0.05) is 6.92 Å². The van der Waals surface area contributed by atoms with Crippen LogP contribution in [0.2, 0.25) is 0 Å². The Morgan fingerprint density at radius 1 is 1.39 bits per heavy atom. The van der Waals surface area contributed by atoms with E-state index < -0.39 is 33.5 Å². The van der Waals surface area contributed by atoms with Gasteiger partial charge in [-0.25, -0.2) is 13.2 Å². The smallest absolute Gasteiger partial charge is 0.327 e. The molecule has 0 aliphatic carbocycles. The fourth-order valence-electron chi connectivity index (χ4n) is 1.12. The third-order valence-electron chi connectivity index (χ3n) is 1.86. The zero-order valence-corrected chi connectivity index (χ0v) is 11.0. The van der Waals surface area contributed by atoms with Crippen molar-refractivity contribution in [3.63, 3.8) is 0 Å². The highest BCUT2D eigenvalue weighted by molar-refractivity contribution is 7.91. The van der Waals surface area contributed by atoms with E-state index in [9.17, 15) is 18.0 Å². The molecule has 8 nitrogen and oxygen atoms in total. The maximum Gasteiger partial charge on any atom is 0.327 e. The van der Waals surface area contributed by atoms with E-state index in [-0.39, 0.29) is 18.1 Å². The standard InChI is InChI=1S/C9H17N3O5S/c1-6(10)11-3-4-18(16,17)5-8(9(14)15)12-7(2)13/h8H,3-5H2,1-2H3,(H2,10,11)(H,12,13)(H,14,15)/t8-/m0/s1. The van der Waals surface area contributed by atoms with Crippen LogP contribution >= 0.6 is 0 Å². The number of nitrogens with one attached hydrogen (secondary N) is 1. The molecule has 0 heterocycles. The SMILES string of the molecule is CC(=O)N[C@@H](CS(=O)(=O)CCN=C(C)N)C(=O)O. The molecule has 0 spiro atoms. The maximum absolute atomic E-state index is 11.6. The van der Waals surface area contributed by atoms with Crippen molar-refractivity contribution >= 4 is 27.5 Å². The van der Waals surface area contributed by atoms with E-state index in [4.69, 9.17) is 10.8 Å². The molecule has 0 bridgehead atoms. The third-order valence-corrected chi connectivity index (χ3v) is 3.51. The quantitative estimate of drug-likeness (QED) is 0.377. The van der Waals surface area contributed by atoms with Gasteiger partial charge in [0.05, 0.1) is 23.9 Å². The van der Waals surface area contributed by atoms with Gasteiger partial charge in [0.15, 0.2) is 9.84 Å². The maximum atomic E-state index is 11.6. The van der Waals surface area contributed by atoms with Gasteiger partial charge in [-0.15, -0.1) is 0 Å². The number of nitrogens with zero attached hydrogens (tertiary/aromatic N) is 1. The van der Waals surface area contributed by atoms with Crippen LogP contribution in [0.1, 0.15) is 13.8 Å². The Bertz CT molecular complexity index is 439. The second-order valence-corrected chi connectivity index (χ2v) is 5.96. The summed E-state index contributed by atoms with van der Waals surface area (Å²) in [5, 5.41) is 10.8. The number of nitrogens with two attached hydrogens (primary N) is 1. The molecule has 104 valence electrons. The normalized spacial score (nSPS) is 14.0. The van der Waals surface area contributed by atoms with Crippen LogP contribution in [-0.4, -0.2) is 55.3 Å². The van der Waals surface area contributed by atoms with Crippen molar-refractivity contribution in [3.8, 4) is 0 Å². The van der Waals surface area contributed by atoms with Gasteiger partial charge in [-0.05, 0) is 6.92 Å². The molecule has 0 aromatic heterocycles. The van der Waals surface area contributed by atoms with Gasteiger partial charge >= 0.3 is 5.97 Å². The molecule has 0 aromatic rings. The summed E-state index contributed by atoms with van der Waals surface area (Å²) >= 11 is 0. The predicted molar refractivity (Wildman–Crippen MR) is 66.1 cm³/mol. The van der Waals surface area contributed by atoms with Crippen molar-refractivity contribution in [2.45, 2.75) is 19.9 Å². The molecule has 0 radical (unpaired) electrons. The highest BCUT2D eigenvalue weighted by Gasteiger charge is 2.25. The first-order chi connectivity index (χ1) is 8.14. The minimum atomic E-state index is -3.63. The summed E-state index contributed by atoms with van der Waals surface area (Å²) in [5.41, 5.74) is 5.24. The predicted octanol–water partition coefficient (Wildman–Crippen LogP) is -1.63. The van der Waals surface area contributed by atoms with Crippen molar-refractivity contribution in [2.24, 2.45) is 10.7 Å². The summed E-state index contributed by atoms with van der Waals surface area (Å²) < 4.78 is 23.2. The van der Waals surface area contributed by atoms with Crippen LogP contribution in [0.3, 0.4) is 0 Å². The average molecular weight is 279 g/mol. The number of hydrogen-bond acceptors (Lipinski definition) is 5. The Morgan fingerprint density at radius 2 is 1.94 bits per heavy atom. The van der Waals surface area contributed by atoms with E-state index >= 15 is 0 Å². The van der Waals surface area contributed by atoms with Gasteiger partial charge in [-0.3, -0.25) is 9.79 Å². The minimum Gasteiger partial charge on any atom is -0.480 e. The number of carbonyl (C=O) groups is 2. The van der Waals surface area contributed by atoms with Crippen molar-refractivity contribution in [2.75, 3.05) is 18.1 Å². The fraction of sp³-hybridized carbons (Fsp3) is 0.667. The van der Waals surface area contributed by atoms with Gasteiger partial charge in [-0.1, -0.05) is 0 Å². The summed E-state index contributed by atoms with van der Waals surface area (Å²) in [4.78, 5) is 25.2. The summed E-state index contributed by atoms with van der Waals surface area (Å²) in [6.45, 7) is 2.60. The molecule has 0 aliphatic rings. The first kappa shape index (κ1) is 16.4. The molecule has 0 saturated heterocycles. The van der Waals surface area contributed by atoms with Gasteiger partial charge in [0.2, 0.25) is 5.91 Å². The molecule has 0 saturated carbocycles. The lowest BCUT2D eigenvalue weighted by molar-refractivity contribution is -0.140. The van der Waals surface area contributed by atoms with Gasteiger partial charge in [0.1, 0.15) is 6.04 Å². The number of rotatable bonds is 7. The van der Waals surface area contributed by atoms with Gasteiger partial charge in [-0.2, -0.15) is 0 Å². The second-order valence-electron chi connectivity index (χ2n) is 3.73. The molecule has 4 N–H and O–H groups in total. The lowest BCUT2D eigenvalue weighted by atomic mass is 10.3. The summed E-state index contributed by atoms with van der Waals surface area (Å²) in [6, 6.07) is -1.45. The minimum absolute atomic E-state index is 0.0307. The summed E-state index contributed by atoms with van der Waals surface area (Å²) in [5.74, 6) is -2.73. The van der Waals surface area contributed by atoms with E-state index in [1.807, 2.05) is 0 Å². The van der Waals surface area contributed by atoms with E-state index in [2.05, 4.69) is 10.3 Å². The zero-order valence-electron chi connectivity index (χ0n) is 10.2. The highest BCUT2D eigenvalue weighted by atomic mass is 32.2. The van der Waals surface area contributed by atoms with E-state index in [0.717, 1.165) is 6.92 Å². The molecule has 1 atom stereocenters. The van der Waals surface area contributed by atoms with Crippen LogP contribution in [-0.2, 0) is 19.4 Å². The first-order valence-electron chi connectivity index (χ1n) is 5.11. The Kier molecular flexibility index (Phi) is 6.31. The molecule has 0 rings (SSSR count). The van der Waals surface area contributed by atoms with Crippen molar-refractivity contribution in [3.05, 3.63) is 0 Å². The molecule has 9 heteroatoms. The Morgan fingerprint density at radius 3 is 2.33 bits per heavy atom. The lowest BCUT2D eigenvalue weighted by Crippen LogP contribution is -2.45. The molecule has 18 heavy (non-hydrogen) atoms. The Labute approximate surface area is 105 Å². The lowest BCUT2D eigenvalue weighted by Gasteiger charge is -2.12. The van der Waals surface area contributed by atoms with Crippen LogP contribution in [0.5, 0.6) is 0 Å². The average Bonchev–Trinajstić information content (AvgIpc) is 2.14. The van der Waals surface area contributed by atoms with E-state index in [1.54, 1.807) is 0 Å². The molecule has 0 aliphatic heterocycles. The van der Waals surface area contributed by atoms with Crippen molar-refractivity contribution < 1.29 is 23.1 Å². The number of aliphatic carboxylic acids is 1. The number of carboxylic acids is 1. The number of sulfone groups is 1. The third kappa shape index (κ3) is 7.60. The number of amides is 1. The van der Waals surface area contributed by atoms with Crippen molar-refractivity contribution in [1.29, 1.82) is 0 Å². The second kappa shape index (κ2) is 6.94. The monoisotopic (exact) mass is 279 g/mol. The molecule has 0 unspecified atom stereocenters. The fourth-order valence-corrected chi connectivity index (χ4v) is 2.39. The number of carboxylic acid groups (broad SMARTS) is 1. The van der Waals surface area contributed by atoms with E-state index in [1.165, 1.54) is 6.92 Å². The largest absolute Gasteiger partial charge is 0.480 e. The molecule has 0 fully saturated rings. The molecular formula is C9H17N3O5S. The molecular weight excluding hydrogens is 262 g/mol. The Balaban J connectivity index is 4.56. The Hall–Kier alpha value is -1.64. The molecule has 1 amide bonds. The number of hydrogen-bond donors (Lipinski definition) is 3.